The molecule has 2 aromatic rings. The SMILES string of the molecule is CN(CCCO)C1CCN(c2ccnc3c(F)cc(F)cc23)CC1. The van der Waals surface area contributed by atoms with Crippen LogP contribution in [0.3, 0.4) is 0 Å². The third kappa shape index (κ3) is 3.49. The van der Waals surface area contributed by atoms with Crippen LogP contribution >= 0.6 is 0 Å². The Morgan fingerprint density at radius 3 is 2.75 bits per heavy atom. The predicted octanol–water partition coefficient (Wildman–Crippen LogP) is 2.80. The van der Waals surface area contributed by atoms with Crippen LogP contribution in [0.15, 0.2) is 24.4 Å². The normalized spacial score (nSPS) is 16.3. The molecule has 0 aliphatic carbocycles. The Bertz CT molecular complexity index is 702. The van der Waals surface area contributed by atoms with Crippen molar-refractivity contribution in [1.29, 1.82) is 0 Å². The number of aliphatic hydroxyl groups excluding tert-OH is 1. The van der Waals surface area contributed by atoms with Crippen molar-refractivity contribution in [2.24, 2.45) is 0 Å². The Morgan fingerprint density at radius 2 is 2.04 bits per heavy atom. The summed E-state index contributed by atoms with van der Waals surface area (Å²) >= 11 is 0. The Labute approximate surface area is 140 Å². The molecule has 0 spiro atoms. The molecular formula is C18H23F2N3O. The van der Waals surface area contributed by atoms with Crippen LogP contribution in [-0.4, -0.2) is 54.3 Å². The van der Waals surface area contributed by atoms with Crippen molar-refractivity contribution in [2.75, 3.05) is 38.2 Å². The first-order valence-corrected chi connectivity index (χ1v) is 8.40. The number of halogens is 2. The molecule has 1 aliphatic rings. The van der Waals surface area contributed by atoms with Crippen LogP contribution in [0.25, 0.3) is 10.9 Å². The molecule has 6 heteroatoms. The van der Waals surface area contributed by atoms with Gasteiger partial charge in [-0.05, 0) is 38.4 Å². The van der Waals surface area contributed by atoms with Gasteiger partial charge in [0.1, 0.15) is 11.3 Å². The molecular weight excluding hydrogens is 312 g/mol. The monoisotopic (exact) mass is 335 g/mol. The molecule has 0 saturated carbocycles. The number of benzene rings is 1. The van der Waals surface area contributed by atoms with Crippen molar-refractivity contribution in [3.8, 4) is 0 Å². The molecule has 1 aromatic heterocycles. The molecule has 130 valence electrons. The maximum Gasteiger partial charge on any atom is 0.152 e. The number of pyridine rings is 1. The quantitative estimate of drug-likeness (QED) is 0.912. The Morgan fingerprint density at radius 1 is 1.29 bits per heavy atom. The molecule has 1 fully saturated rings. The number of hydrogen-bond acceptors (Lipinski definition) is 4. The smallest absolute Gasteiger partial charge is 0.152 e. The Hall–Kier alpha value is -1.79. The third-order valence-corrected chi connectivity index (χ3v) is 4.84. The van der Waals surface area contributed by atoms with Crippen LogP contribution in [-0.2, 0) is 0 Å². The van der Waals surface area contributed by atoms with E-state index in [2.05, 4.69) is 21.8 Å². The van der Waals surface area contributed by atoms with Gasteiger partial charge in [-0.1, -0.05) is 0 Å². The average Bonchev–Trinajstić information content (AvgIpc) is 2.59. The van der Waals surface area contributed by atoms with E-state index < -0.39 is 11.6 Å². The highest BCUT2D eigenvalue weighted by Gasteiger charge is 2.23. The predicted molar refractivity (Wildman–Crippen MR) is 91.2 cm³/mol. The molecule has 1 aromatic carbocycles. The molecule has 2 heterocycles. The average molecular weight is 335 g/mol. The summed E-state index contributed by atoms with van der Waals surface area (Å²) in [5, 5.41) is 9.48. The van der Waals surface area contributed by atoms with Crippen LogP contribution in [0.2, 0.25) is 0 Å². The lowest BCUT2D eigenvalue weighted by molar-refractivity contribution is 0.184. The van der Waals surface area contributed by atoms with Crippen molar-refractivity contribution in [1.82, 2.24) is 9.88 Å². The molecule has 0 atom stereocenters. The van der Waals surface area contributed by atoms with E-state index in [1.54, 1.807) is 6.20 Å². The Balaban J connectivity index is 1.76. The second-order valence-electron chi connectivity index (χ2n) is 6.39. The zero-order chi connectivity index (χ0) is 17.1. The zero-order valence-corrected chi connectivity index (χ0v) is 13.9. The van der Waals surface area contributed by atoms with Gasteiger partial charge in [0.25, 0.3) is 0 Å². The van der Waals surface area contributed by atoms with E-state index in [4.69, 9.17) is 5.11 Å². The van der Waals surface area contributed by atoms with Gasteiger partial charge in [0.15, 0.2) is 5.82 Å². The van der Waals surface area contributed by atoms with Crippen LogP contribution in [0, 0.1) is 11.6 Å². The van der Waals surface area contributed by atoms with Gasteiger partial charge in [0.2, 0.25) is 0 Å². The topological polar surface area (TPSA) is 39.6 Å². The maximum atomic E-state index is 13.9. The second kappa shape index (κ2) is 7.40. The molecule has 0 unspecified atom stereocenters. The van der Waals surface area contributed by atoms with E-state index in [-0.39, 0.29) is 12.1 Å². The first-order chi connectivity index (χ1) is 11.6. The highest BCUT2D eigenvalue weighted by Crippen LogP contribution is 2.30. The zero-order valence-electron chi connectivity index (χ0n) is 13.9. The van der Waals surface area contributed by atoms with Crippen LogP contribution in [0.4, 0.5) is 14.5 Å². The third-order valence-electron chi connectivity index (χ3n) is 4.84. The number of fused-ring (bicyclic) bond motifs is 1. The van der Waals surface area contributed by atoms with Gasteiger partial charge in [0, 0.05) is 55.6 Å². The highest BCUT2D eigenvalue weighted by atomic mass is 19.1. The fourth-order valence-corrected chi connectivity index (χ4v) is 3.49. The number of aliphatic hydroxyl groups is 1. The summed E-state index contributed by atoms with van der Waals surface area (Å²) in [7, 11) is 2.09. The molecule has 24 heavy (non-hydrogen) atoms. The van der Waals surface area contributed by atoms with Gasteiger partial charge >= 0.3 is 0 Å². The molecule has 1 saturated heterocycles. The second-order valence-corrected chi connectivity index (χ2v) is 6.39. The first kappa shape index (κ1) is 17.0. The molecule has 0 amide bonds. The number of anilines is 1. The standard InChI is InChI=1S/C18H23F2N3O/c1-22(7-2-10-24)14-4-8-23(9-5-14)17-3-6-21-18-15(17)11-13(19)12-16(18)20/h3,6,11-12,14,24H,2,4-5,7-10H2,1H3. The maximum absolute atomic E-state index is 13.9. The number of hydrogen-bond donors (Lipinski definition) is 1. The minimum absolute atomic E-state index is 0.212. The summed E-state index contributed by atoms with van der Waals surface area (Å²) in [5.41, 5.74) is 1.06. The van der Waals surface area contributed by atoms with Crippen molar-refractivity contribution < 1.29 is 13.9 Å². The molecule has 4 nitrogen and oxygen atoms in total. The first-order valence-electron chi connectivity index (χ1n) is 8.40. The molecule has 1 aliphatic heterocycles. The minimum atomic E-state index is -0.620. The highest BCUT2D eigenvalue weighted by molar-refractivity contribution is 5.92. The summed E-state index contributed by atoms with van der Waals surface area (Å²) in [6.07, 6.45) is 4.34. The summed E-state index contributed by atoms with van der Waals surface area (Å²) in [5.74, 6) is -1.20. The van der Waals surface area contributed by atoms with Gasteiger partial charge in [-0.25, -0.2) is 8.78 Å². The summed E-state index contributed by atoms with van der Waals surface area (Å²) in [6.45, 7) is 2.77. The summed E-state index contributed by atoms with van der Waals surface area (Å²) in [4.78, 5) is 8.52. The largest absolute Gasteiger partial charge is 0.396 e. The van der Waals surface area contributed by atoms with Crippen molar-refractivity contribution in [2.45, 2.75) is 25.3 Å². The van der Waals surface area contributed by atoms with Crippen LogP contribution < -0.4 is 4.90 Å². The van der Waals surface area contributed by atoms with E-state index in [9.17, 15) is 8.78 Å². The van der Waals surface area contributed by atoms with Gasteiger partial charge in [0.05, 0.1) is 0 Å². The summed E-state index contributed by atoms with van der Waals surface area (Å²) < 4.78 is 27.5. The summed E-state index contributed by atoms with van der Waals surface area (Å²) in [6, 6.07) is 4.55. The lowest BCUT2D eigenvalue weighted by Gasteiger charge is -2.38. The van der Waals surface area contributed by atoms with E-state index in [1.807, 2.05) is 6.07 Å². The van der Waals surface area contributed by atoms with E-state index in [1.165, 1.54) is 6.07 Å². The number of aromatic nitrogens is 1. The van der Waals surface area contributed by atoms with E-state index in [0.717, 1.165) is 50.7 Å². The van der Waals surface area contributed by atoms with Gasteiger partial charge in [-0.15, -0.1) is 0 Å². The van der Waals surface area contributed by atoms with E-state index in [0.29, 0.717) is 11.4 Å². The van der Waals surface area contributed by atoms with Gasteiger partial charge in [-0.2, -0.15) is 0 Å². The molecule has 1 N–H and O–H groups in total. The number of nitrogens with zero attached hydrogens (tertiary/aromatic N) is 3. The van der Waals surface area contributed by atoms with Gasteiger partial charge in [-0.3, -0.25) is 4.98 Å². The molecule has 3 rings (SSSR count). The van der Waals surface area contributed by atoms with Crippen LogP contribution in [0.5, 0.6) is 0 Å². The van der Waals surface area contributed by atoms with Crippen LogP contribution in [0.1, 0.15) is 19.3 Å². The molecule has 0 radical (unpaired) electrons. The lowest BCUT2D eigenvalue weighted by Crippen LogP contribution is -2.43. The number of rotatable bonds is 5. The van der Waals surface area contributed by atoms with Crippen molar-refractivity contribution in [3.63, 3.8) is 0 Å². The van der Waals surface area contributed by atoms with E-state index >= 15 is 0 Å². The minimum Gasteiger partial charge on any atom is -0.396 e. The Kier molecular flexibility index (Phi) is 5.26. The van der Waals surface area contributed by atoms with Gasteiger partial charge < -0.3 is 14.9 Å². The van der Waals surface area contributed by atoms with Crippen molar-refractivity contribution in [3.05, 3.63) is 36.0 Å². The number of piperidine rings is 1. The van der Waals surface area contributed by atoms with Crippen molar-refractivity contribution >= 4 is 16.6 Å². The fraction of sp³-hybridized carbons (Fsp3) is 0.500. The fourth-order valence-electron chi connectivity index (χ4n) is 3.49. The molecule has 0 bridgehead atoms. The lowest BCUT2D eigenvalue weighted by atomic mass is 10.0.